The predicted molar refractivity (Wildman–Crippen MR) is 143 cm³/mol. The molecule has 1 aliphatic heterocycles. The Bertz CT molecular complexity index is 1200. The third kappa shape index (κ3) is 4.11. The van der Waals surface area contributed by atoms with E-state index in [2.05, 4.69) is 12.2 Å². The SMILES string of the molecule is C[C@H](NC(=O)c1ccc2c(c1)N(C)C(=O)/C(=C\c1ccccc1Cl)S2)C12CC3CC(CC(C3)C1)C2. The third-order valence-corrected chi connectivity index (χ3v) is 10.3. The van der Waals surface area contributed by atoms with E-state index in [1.54, 1.807) is 11.9 Å². The zero-order valence-corrected chi connectivity index (χ0v) is 21.8. The van der Waals surface area contributed by atoms with Gasteiger partial charge in [0.2, 0.25) is 0 Å². The van der Waals surface area contributed by atoms with Crippen LogP contribution in [0.15, 0.2) is 52.3 Å². The maximum Gasteiger partial charge on any atom is 0.264 e. The molecule has 4 bridgehead atoms. The van der Waals surface area contributed by atoms with Crippen LogP contribution in [0.1, 0.15) is 61.4 Å². The number of carbonyl (C=O) groups is 2. The van der Waals surface area contributed by atoms with Crippen molar-refractivity contribution in [2.75, 3.05) is 11.9 Å². The Balaban J connectivity index is 1.21. The van der Waals surface area contributed by atoms with Crippen molar-refractivity contribution in [3.8, 4) is 0 Å². The van der Waals surface area contributed by atoms with Crippen molar-refractivity contribution in [2.24, 2.45) is 23.2 Å². The van der Waals surface area contributed by atoms with E-state index in [9.17, 15) is 9.59 Å². The lowest BCUT2D eigenvalue weighted by atomic mass is 9.48. The molecular weight excluding hydrogens is 476 g/mol. The topological polar surface area (TPSA) is 49.4 Å². The van der Waals surface area contributed by atoms with E-state index in [1.165, 1.54) is 50.3 Å². The molecule has 4 nitrogen and oxygen atoms in total. The number of amides is 2. The summed E-state index contributed by atoms with van der Waals surface area (Å²) in [5.41, 5.74) is 2.46. The molecule has 0 radical (unpaired) electrons. The number of rotatable bonds is 4. The molecule has 0 unspecified atom stereocenters. The fraction of sp³-hybridized carbons (Fsp3) is 0.448. The number of likely N-dealkylation sites (N-methyl/N-ethyl adjacent to an activating group) is 1. The quantitative estimate of drug-likeness (QED) is 0.465. The number of anilines is 1. The zero-order chi connectivity index (χ0) is 24.3. The van der Waals surface area contributed by atoms with Gasteiger partial charge in [-0.2, -0.15) is 0 Å². The summed E-state index contributed by atoms with van der Waals surface area (Å²) in [5, 5.41) is 3.97. The molecule has 2 aromatic carbocycles. The molecular formula is C29H31ClN2O2S. The lowest BCUT2D eigenvalue weighted by Crippen LogP contribution is -2.55. The summed E-state index contributed by atoms with van der Waals surface area (Å²) in [6.07, 6.45) is 9.82. The molecule has 0 aromatic heterocycles. The molecule has 35 heavy (non-hydrogen) atoms. The van der Waals surface area contributed by atoms with E-state index in [0.29, 0.717) is 15.5 Å². The lowest BCUT2D eigenvalue weighted by molar-refractivity contribution is -0.114. The van der Waals surface area contributed by atoms with Crippen LogP contribution in [-0.2, 0) is 4.79 Å². The first-order valence-corrected chi connectivity index (χ1v) is 13.9. The molecule has 4 aliphatic carbocycles. The summed E-state index contributed by atoms with van der Waals surface area (Å²) in [7, 11) is 1.76. The van der Waals surface area contributed by atoms with E-state index in [4.69, 9.17) is 11.6 Å². The van der Waals surface area contributed by atoms with Gasteiger partial charge in [-0.25, -0.2) is 0 Å². The van der Waals surface area contributed by atoms with Crippen molar-refractivity contribution < 1.29 is 9.59 Å². The summed E-state index contributed by atoms with van der Waals surface area (Å²) in [4.78, 5) is 29.6. The summed E-state index contributed by atoms with van der Waals surface area (Å²) in [6.45, 7) is 2.21. The molecule has 1 heterocycles. The van der Waals surface area contributed by atoms with Gasteiger partial charge in [0.1, 0.15) is 0 Å². The smallest absolute Gasteiger partial charge is 0.264 e. The number of halogens is 1. The summed E-state index contributed by atoms with van der Waals surface area (Å²) < 4.78 is 0. The van der Waals surface area contributed by atoms with Crippen LogP contribution < -0.4 is 10.2 Å². The Morgan fingerprint density at radius 1 is 1.11 bits per heavy atom. The Morgan fingerprint density at radius 3 is 2.43 bits per heavy atom. The molecule has 0 saturated heterocycles. The van der Waals surface area contributed by atoms with E-state index >= 15 is 0 Å². The molecule has 7 rings (SSSR count). The average molecular weight is 507 g/mol. The molecule has 2 aromatic rings. The maximum atomic E-state index is 13.3. The third-order valence-electron chi connectivity index (χ3n) is 8.86. The molecule has 2 amide bonds. The number of nitrogens with zero attached hydrogens (tertiary/aromatic N) is 1. The van der Waals surface area contributed by atoms with Crippen LogP contribution in [0.2, 0.25) is 5.02 Å². The summed E-state index contributed by atoms with van der Waals surface area (Å²) in [6, 6.07) is 13.3. The largest absolute Gasteiger partial charge is 0.349 e. The molecule has 6 heteroatoms. The maximum absolute atomic E-state index is 13.3. The van der Waals surface area contributed by atoms with Gasteiger partial charge in [0.15, 0.2) is 0 Å². The highest BCUT2D eigenvalue weighted by Gasteiger charge is 2.53. The summed E-state index contributed by atoms with van der Waals surface area (Å²) >= 11 is 7.72. The van der Waals surface area contributed by atoms with Gasteiger partial charge in [0.25, 0.3) is 11.8 Å². The number of thioether (sulfide) groups is 1. The highest BCUT2D eigenvalue weighted by molar-refractivity contribution is 8.04. The second-order valence-corrected chi connectivity index (χ2v) is 12.6. The number of carbonyl (C=O) groups excluding carboxylic acids is 2. The second kappa shape index (κ2) is 8.70. The van der Waals surface area contributed by atoms with Gasteiger partial charge in [-0.3, -0.25) is 9.59 Å². The van der Waals surface area contributed by atoms with Crippen LogP contribution >= 0.6 is 23.4 Å². The molecule has 4 fully saturated rings. The van der Waals surface area contributed by atoms with Gasteiger partial charge in [-0.05, 0) is 105 Å². The van der Waals surface area contributed by atoms with E-state index < -0.39 is 0 Å². The van der Waals surface area contributed by atoms with Gasteiger partial charge in [-0.15, -0.1) is 0 Å². The first kappa shape index (κ1) is 23.2. The van der Waals surface area contributed by atoms with Crippen LogP contribution in [0.4, 0.5) is 5.69 Å². The van der Waals surface area contributed by atoms with E-state index in [1.807, 2.05) is 48.5 Å². The van der Waals surface area contributed by atoms with Gasteiger partial charge < -0.3 is 10.2 Å². The lowest BCUT2D eigenvalue weighted by Gasteiger charge is -2.59. The molecule has 1 atom stereocenters. The second-order valence-electron chi connectivity index (χ2n) is 11.2. The van der Waals surface area contributed by atoms with Crippen molar-refractivity contribution in [2.45, 2.75) is 56.4 Å². The number of hydrogen-bond acceptors (Lipinski definition) is 3. The van der Waals surface area contributed by atoms with E-state index in [0.717, 1.165) is 33.9 Å². The molecule has 4 saturated carbocycles. The molecule has 0 spiro atoms. The highest BCUT2D eigenvalue weighted by atomic mass is 35.5. The molecule has 182 valence electrons. The predicted octanol–water partition coefficient (Wildman–Crippen LogP) is 6.78. The summed E-state index contributed by atoms with van der Waals surface area (Å²) in [5.74, 6) is 2.43. The number of nitrogens with one attached hydrogen (secondary N) is 1. The van der Waals surface area contributed by atoms with Gasteiger partial charge in [-0.1, -0.05) is 41.6 Å². The Kier molecular flexibility index (Phi) is 5.76. The van der Waals surface area contributed by atoms with Crippen LogP contribution in [0.3, 0.4) is 0 Å². The highest BCUT2D eigenvalue weighted by Crippen LogP contribution is 2.61. The van der Waals surface area contributed by atoms with Crippen LogP contribution in [-0.4, -0.2) is 24.9 Å². The average Bonchev–Trinajstić information content (AvgIpc) is 2.82. The normalized spacial score (nSPS) is 30.9. The van der Waals surface area contributed by atoms with Crippen molar-refractivity contribution in [3.63, 3.8) is 0 Å². The number of hydrogen-bond donors (Lipinski definition) is 1. The number of fused-ring (bicyclic) bond motifs is 1. The monoisotopic (exact) mass is 506 g/mol. The van der Waals surface area contributed by atoms with Gasteiger partial charge in [0.05, 0.1) is 10.6 Å². The van der Waals surface area contributed by atoms with Gasteiger partial charge >= 0.3 is 0 Å². The zero-order valence-electron chi connectivity index (χ0n) is 20.2. The van der Waals surface area contributed by atoms with Crippen molar-refractivity contribution in [1.82, 2.24) is 5.32 Å². The Hall–Kier alpha value is -2.24. The molecule has 5 aliphatic rings. The fourth-order valence-corrected chi connectivity index (χ4v) is 8.68. The van der Waals surface area contributed by atoms with Crippen LogP contribution in [0.5, 0.6) is 0 Å². The van der Waals surface area contributed by atoms with Crippen molar-refractivity contribution in [1.29, 1.82) is 0 Å². The minimum atomic E-state index is -0.0955. The molecule has 1 N–H and O–H groups in total. The van der Waals surface area contributed by atoms with Crippen LogP contribution in [0.25, 0.3) is 6.08 Å². The minimum Gasteiger partial charge on any atom is -0.349 e. The standard InChI is InChI=1S/C29H31ClN2O2S/c1-17(29-14-18-9-19(15-29)11-20(10-18)16-29)31-27(33)22-7-8-25-24(12-22)32(2)28(34)26(35-25)13-21-5-3-4-6-23(21)30/h3-8,12-13,17-20H,9-11,14-16H2,1-2H3,(H,31,33)/b26-13+/t17-,18?,19?,20?,29?/m0/s1. The van der Waals surface area contributed by atoms with Crippen LogP contribution in [0, 0.1) is 23.2 Å². The number of benzene rings is 2. The Morgan fingerprint density at radius 2 is 1.77 bits per heavy atom. The Labute approximate surface area is 216 Å². The first-order valence-electron chi connectivity index (χ1n) is 12.7. The van der Waals surface area contributed by atoms with E-state index in [-0.39, 0.29) is 23.3 Å². The van der Waals surface area contributed by atoms with Crippen molar-refractivity contribution in [3.05, 3.63) is 63.5 Å². The first-order chi connectivity index (χ1) is 16.8. The minimum absolute atomic E-state index is 0.0423. The fourth-order valence-electron chi connectivity index (χ4n) is 7.41. The van der Waals surface area contributed by atoms with Crippen molar-refractivity contribution >= 4 is 46.9 Å². The van der Waals surface area contributed by atoms with Gasteiger partial charge in [0, 0.05) is 28.6 Å².